The van der Waals surface area contributed by atoms with Crippen molar-refractivity contribution in [1.29, 1.82) is 0 Å². The Morgan fingerprint density at radius 3 is 2.30 bits per heavy atom. The Kier molecular flexibility index (Phi) is 7.82. The molecule has 1 aliphatic rings. The van der Waals surface area contributed by atoms with E-state index in [1.54, 1.807) is 0 Å². The van der Waals surface area contributed by atoms with Crippen LogP contribution in [0.15, 0.2) is 0 Å². The minimum absolute atomic E-state index is 0.0412. The molecule has 0 aromatic carbocycles. The highest BCUT2D eigenvalue weighted by Crippen LogP contribution is 2.27. The standard InChI is InChI=1S/C17H33N3O3/c1-12(2)14(10-20-16(22)23-17(3,4)5)9-18-11-15(21)19-8-13-6-7-13/h12-14,18H,6-11H2,1-5H3,(H,19,21)(H,20,22). The maximum absolute atomic E-state index is 11.7. The van der Waals surface area contributed by atoms with Crippen molar-refractivity contribution in [3.05, 3.63) is 0 Å². The molecule has 6 heteroatoms. The maximum atomic E-state index is 11.7. The Morgan fingerprint density at radius 1 is 1.13 bits per heavy atom. The predicted molar refractivity (Wildman–Crippen MR) is 91.2 cm³/mol. The van der Waals surface area contributed by atoms with Crippen LogP contribution in [0, 0.1) is 17.8 Å². The lowest BCUT2D eigenvalue weighted by Gasteiger charge is -2.24. The van der Waals surface area contributed by atoms with Crippen LogP contribution < -0.4 is 16.0 Å². The second kappa shape index (κ2) is 9.11. The molecule has 0 aliphatic heterocycles. The van der Waals surface area contributed by atoms with Crippen molar-refractivity contribution in [3.8, 4) is 0 Å². The van der Waals surface area contributed by atoms with E-state index >= 15 is 0 Å². The molecule has 0 aromatic heterocycles. The van der Waals surface area contributed by atoms with E-state index < -0.39 is 11.7 Å². The van der Waals surface area contributed by atoms with Gasteiger partial charge in [0.25, 0.3) is 0 Å². The van der Waals surface area contributed by atoms with Gasteiger partial charge in [0, 0.05) is 19.6 Å². The normalized spacial score (nSPS) is 16.1. The van der Waals surface area contributed by atoms with E-state index in [2.05, 4.69) is 29.8 Å². The number of ether oxygens (including phenoxy) is 1. The summed E-state index contributed by atoms with van der Waals surface area (Å²) in [6.07, 6.45) is 2.07. The molecule has 0 saturated heterocycles. The molecule has 1 atom stereocenters. The minimum atomic E-state index is -0.491. The zero-order valence-corrected chi connectivity index (χ0v) is 15.2. The smallest absolute Gasteiger partial charge is 0.407 e. The van der Waals surface area contributed by atoms with Gasteiger partial charge in [0.2, 0.25) is 5.91 Å². The number of alkyl carbamates (subject to hydrolysis) is 1. The summed E-state index contributed by atoms with van der Waals surface area (Å²) >= 11 is 0. The quantitative estimate of drug-likeness (QED) is 0.604. The van der Waals surface area contributed by atoms with E-state index in [1.807, 2.05) is 20.8 Å². The third kappa shape index (κ3) is 10.2. The van der Waals surface area contributed by atoms with Gasteiger partial charge < -0.3 is 20.7 Å². The van der Waals surface area contributed by atoms with Crippen LogP contribution in [0.4, 0.5) is 4.79 Å². The van der Waals surface area contributed by atoms with Crippen LogP contribution in [0.25, 0.3) is 0 Å². The molecule has 0 aromatic rings. The number of rotatable bonds is 9. The molecule has 1 aliphatic carbocycles. The summed E-state index contributed by atoms with van der Waals surface area (Å²) in [5.74, 6) is 1.38. The summed E-state index contributed by atoms with van der Waals surface area (Å²) in [5.41, 5.74) is -0.491. The average Bonchev–Trinajstić information content (AvgIpc) is 3.21. The van der Waals surface area contributed by atoms with Crippen LogP contribution in [0.5, 0.6) is 0 Å². The number of carbonyl (C=O) groups is 2. The fraction of sp³-hybridized carbons (Fsp3) is 0.882. The molecule has 134 valence electrons. The van der Waals surface area contributed by atoms with Gasteiger partial charge >= 0.3 is 6.09 Å². The lowest BCUT2D eigenvalue weighted by molar-refractivity contribution is -0.120. The first-order chi connectivity index (χ1) is 10.7. The first-order valence-electron chi connectivity index (χ1n) is 8.61. The van der Waals surface area contributed by atoms with Crippen molar-refractivity contribution in [3.63, 3.8) is 0 Å². The molecule has 1 saturated carbocycles. The van der Waals surface area contributed by atoms with E-state index in [1.165, 1.54) is 12.8 Å². The number of carbonyl (C=O) groups excluding carboxylic acids is 2. The highest BCUT2D eigenvalue weighted by molar-refractivity contribution is 5.78. The second-order valence-corrected chi connectivity index (χ2v) is 7.77. The van der Waals surface area contributed by atoms with Gasteiger partial charge in [-0.15, -0.1) is 0 Å². The molecule has 23 heavy (non-hydrogen) atoms. The van der Waals surface area contributed by atoms with E-state index in [0.29, 0.717) is 31.5 Å². The van der Waals surface area contributed by atoms with Gasteiger partial charge in [-0.1, -0.05) is 13.8 Å². The molecule has 0 heterocycles. The summed E-state index contributed by atoms with van der Waals surface area (Å²) < 4.78 is 5.24. The SMILES string of the molecule is CC(C)C(CNCC(=O)NCC1CC1)CNC(=O)OC(C)(C)C. The molecule has 1 unspecified atom stereocenters. The molecule has 0 bridgehead atoms. The largest absolute Gasteiger partial charge is 0.444 e. The third-order valence-corrected chi connectivity index (χ3v) is 3.83. The summed E-state index contributed by atoms with van der Waals surface area (Å²) in [6, 6.07) is 0. The van der Waals surface area contributed by atoms with Crippen molar-refractivity contribution in [2.75, 3.05) is 26.2 Å². The molecule has 0 spiro atoms. The Hall–Kier alpha value is -1.30. The topological polar surface area (TPSA) is 79.5 Å². The average molecular weight is 327 g/mol. The summed E-state index contributed by atoms with van der Waals surface area (Å²) in [4.78, 5) is 23.4. The molecule has 3 N–H and O–H groups in total. The van der Waals surface area contributed by atoms with Gasteiger partial charge in [0.05, 0.1) is 6.54 Å². The van der Waals surface area contributed by atoms with Crippen LogP contribution in [0.1, 0.15) is 47.5 Å². The zero-order valence-electron chi connectivity index (χ0n) is 15.2. The fourth-order valence-electron chi connectivity index (χ4n) is 2.09. The second-order valence-electron chi connectivity index (χ2n) is 7.77. The Balaban J connectivity index is 2.20. The minimum Gasteiger partial charge on any atom is -0.444 e. The van der Waals surface area contributed by atoms with Crippen molar-refractivity contribution in [1.82, 2.24) is 16.0 Å². The first kappa shape index (κ1) is 19.7. The van der Waals surface area contributed by atoms with Crippen LogP contribution in [0.3, 0.4) is 0 Å². The van der Waals surface area contributed by atoms with Gasteiger partial charge in [-0.05, 0) is 51.4 Å². The number of hydrogen-bond donors (Lipinski definition) is 3. The van der Waals surface area contributed by atoms with E-state index in [0.717, 1.165) is 6.54 Å². The van der Waals surface area contributed by atoms with Crippen LogP contribution in [-0.4, -0.2) is 43.8 Å². The van der Waals surface area contributed by atoms with Gasteiger partial charge in [-0.2, -0.15) is 0 Å². The van der Waals surface area contributed by atoms with E-state index in [4.69, 9.17) is 4.74 Å². The number of hydrogen-bond acceptors (Lipinski definition) is 4. The van der Waals surface area contributed by atoms with Crippen molar-refractivity contribution >= 4 is 12.0 Å². The first-order valence-corrected chi connectivity index (χ1v) is 8.61. The lowest BCUT2D eigenvalue weighted by Crippen LogP contribution is -2.42. The molecular formula is C17H33N3O3. The van der Waals surface area contributed by atoms with Gasteiger partial charge in [0.15, 0.2) is 0 Å². The van der Waals surface area contributed by atoms with Gasteiger partial charge in [0.1, 0.15) is 5.60 Å². The van der Waals surface area contributed by atoms with Gasteiger partial charge in [-0.3, -0.25) is 4.79 Å². The Morgan fingerprint density at radius 2 is 1.78 bits per heavy atom. The number of nitrogens with one attached hydrogen (secondary N) is 3. The van der Waals surface area contributed by atoms with Crippen LogP contribution >= 0.6 is 0 Å². The predicted octanol–water partition coefficient (Wildman–Crippen LogP) is 1.90. The zero-order chi connectivity index (χ0) is 17.5. The third-order valence-electron chi connectivity index (χ3n) is 3.83. The molecule has 6 nitrogen and oxygen atoms in total. The van der Waals surface area contributed by atoms with Crippen molar-refractivity contribution in [2.45, 2.75) is 53.1 Å². The molecule has 1 fully saturated rings. The molecule has 1 rings (SSSR count). The molecule has 2 amide bonds. The Labute approximate surface area is 140 Å². The van der Waals surface area contributed by atoms with Crippen molar-refractivity contribution < 1.29 is 14.3 Å². The molecular weight excluding hydrogens is 294 g/mol. The fourth-order valence-corrected chi connectivity index (χ4v) is 2.09. The van der Waals surface area contributed by atoms with E-state index in [9.17, 15) is 9.59 Å². The highest BCUT2D eigenvalue weighted by Gasteiger charge is 2.22. The Bertz CT molecular complexity index is 387. The number of amides is 2. The monoisotopic (exact) mass is 327 g/mol. The lowest BCUT2D eigenvalue weighted by atomic mass is 9.96. The van der Waals surface area contributed by atoms with Crippen molar-refractivity contribution in [2.24, 2.45) is 17.8 Å². The van der Waals surface area contributed by atoms with Crippen LogP contribution in [0.2, 0.25) is 0 Å². The summed E-state index contributed by atoms with van der Waals surface area (Å²) in [5, 5.41) is 8.92. The van der Waals surface area contributed by atoms with Gasteiger partial charge in [-0.25, -0.2) is 4.79 Å². The van der Waals surface area contributed by atoms with E-state index in [-0.39, 0.29) is 11.8 Å². The highest BCUT2D eigenvalue weighted by atomic mass is 16.6. The van der Waals surface area contributed by atoms with Crippen LogP contribution in [-0.2, 0) is 9.53 Å². The maximum Gasteiger partial charge on any atom is 0.407 e. The summed E-state index contributed by atoms with van der Waals surface area (Å²) in [6.45, 7) is 12.1. The molecule has 0 radical (unpaired) electrons. The summed E-state index contributed by atoms with van der Waals surface area (Å²) in [7, 11) is 0.